The molecular formula is C18H26N2O2. The lowest BCUT2D eigenvalue weighted by molar-refractivity contribution is -0.127. The Morgan fingerprint density at radius 3 is 2.91 bits per heavy atom. The molecule has 1 aromatic carbocycles. The molecule has 22 heavy (non-hydrogen) atoms. The van der Waals surface area contributed by atoms with Crippen LogP contribution in [0.1, 0.15) is 51.6 Å². The molecule has 1 aromatic rings. The van der Waals surface area contributed by atoms with Crippen molar-refractivity contribution >= 4 is 5.91 Å². The van der Waals surface area contributed by atoms with Crippen molar-refractivity contribution in [1.82, 2.24) is 10.6 Å². The third kappa shape index (κ3) is 3.27. The molecule has 4 nitrogen and oxygen atoms in total. The molecule has 2 aliphatic heterocycles. The van der Waals surface area contributed by atoms with Gasteiger partial charge in [0.05, 0.1) is 6.04 Å². The highest BCUT2D eigenvalue weighted by atomic mass is 16.5. The van der Waals surface area contributed by atoms with Gasteiger partial charge in [0, 0.05) is 23.9 Å². The van der Waals surface area contributed by atoms with E-state index in [2.05, 4.69) is 37.5 Å². The Hall–Kier alpha value is -1.55. The van der Waals surface area contributed by atoms with Crippen LogP contribution in [0.25, 0.3) is 0 Å². The van der Waals surface area contributed by atoms with Crippen LogP contribution in [0.5, 0.6) is 5.75 Å². The summed E-state index contributed by atoms with van der Waals surface area (Å²) < 4.78 is 6.03. The van der Waals surface area contributed by atoms with Gasteiger partial charge in [0.1, 0.15) is 11.4 Å². The van der Waals surface area contributed by atoms with Crippen LogP contribution >= 0.6 is 0 Å². The van der Waals surface area contributed by atoms with Gasteiger partial charge in [-0.25, -0.2) is 0 Å². The number of hydrogen-bond acceptors (Lipinski definition) is 3. The summed E-state index contributed by atoms with van der Waals surface area (Å²) in [7, 11) is 0. The van der Waals surface area contributed by atoms with Crippen LogP contribution in [-0.4, -0.2) is 24.1 Å². The van der Waals surface area contributed by atoms with Gasteiger partial charge >= 0.3 is 0 Å². The lowest BCUT2D eigenvalue weighted by atomic mass is 9.88. The van der Waals surface area contributed by atoms with E-state index in [1.54, 1.807) is 0 Å². The van der Waals surface area contributed by atoms with Crippen LogP contribution in [0, 0.1) is 5.92 Å². The number of hydrogen-bond donors (Lipinski definition) is 2. The maximum Gasteiger partial charge on any atom is 0.223 e. The summed E-state index contributed by atoms with van der Waals surface area (Å²) in [5.41, 5.74) is 0.838. The summed E-state index contributed by atoms with van der Waals surface area (Å²) in [6.45, 7) is 7.23. The second kappa shape index (κ2) is 5.92. The number of nitrogens with one attached hydrogen (secondary N) is 2. The van der Waals surface area contributed by atoms with Crippen molar-refractivity contribution in [2.45, 2.75) is 57.7 Å². The van der Waals surface area contributed by atoms with E-state index in [1.165, 1.54) is 0 Å². The molecule has 120 valence electrons. The van der Waals surface area contributed by atoms with E-state index in [0.29, 0.717) is 6.04 Å². The molecule has 0 bridgehead atoms. The summed E-state index contributed by atoms with van der Waals surface area (Å²) >= 11 is 0. The van der Waals surface area contributed by atoms with Gasteiger partial charge in [0.2, 0.25) is 5.91 Å². The minimum Gasteiger partial charge on any atom is -0.487 e. The first-order valence-corrected chi connectivity index (χ1v) is 8.26. The van der Waals surface area contributed by atoms with Crippen molar-refractivity contribution < 1.29 is 9.53 Å². The summed E-state index contributed by atoms with van der Waals surface area (Å²) in [4.78, 5) is 12.7. The molecular weight excluding hydrogens is 276 g/mol. The number of fused-ring (bicyclic) bond motifs is 1. The normalized spacial score (nSPS) is 30.0. The van der Waals surface area contributed by atoms with E-state index in [1.807, 2.05) is 18.2 Å². The standard InChI is InChI=1S/C18H26N2O2/c1-12-10-13(8-9-19-12)17(21)20-15-11-18(2,3)22-16-7-5-4-6-14(15)16/h4-7,12-13,15,19H,8-11H2,1-3H3,(H,20,21)/t12-,13-,15?/m0/s1. The van der Waals surface area contributed by atoms with Crippen molar-refractivity contribution in [1.29, 1.82) is 0 Å². The summed E-state index contributed by atoms with van der Waals surface area (Å²) in [6, 6.07) is 8.49. The highest BCUT2D eigenvalue weighted by Gasteiger charge is 2.35. The zero-order chi connectivity index (χ0) is 15.7. The van der Waals surface area contributed by atoms with E-state index in [-0.39, 0.29) is 23.5 Å². The van der Waals surface area contributed by atoms with Gasteiger partial charge in [0.15, 0.2) is 0 Å². The van der Waals surface area contributed by atoms with E-state index in [0.717, 1.165) is 37.1 Å². The number of benzene rings is 1. The first kappa shape index (κ1) is 15.3. The molecule has 4 heteroatoms. The SMILES string of the molecule is C[C@H]1C[C@@H](C(=O)NC2CC(C)(C)Oc3ccccc32)CCN1. The molecule has 1 unspecified atom stereocenters. The average Bonchev–Trinajstić information content (AvgIpc) is 2.46. The van der Waals surface area contributed by atoms with Crippen molar-refractivity contribution in [3.63, 3.8) is 0 Å². The van der Waals surface area contributed by atoms with Gasteiger partial charge < -0.3 is 15.4 Å². The summed E-state index contributed by atoms with van der Waals surface area (Å²) in [5, 5.41) is 6.67. The Morgan fingerprint density at radius 1 is 1.36 bits per heavy atom. The quantitative estimate of drug-likeness (QED) is 0.883. The van der Waals surface area contributed by atoms with Gasteiger partial charge in [-0.3, -0.25) is 4.79 Å². The van der Waals surface area contributed by atoms with E-state index in [4.69, 9.17) is 4.74 Å². The zero-order valence-corrected chi connectivity index (χ0v) is 13.7. The summed E-state index contributed by atoms with van der Waals surface area (Å²) in [6.07, 6.45) is 2.64. The minimum absolute atomic E-state index is 0.0395. The molecule has 3 atom stereocenters. The molecule has 0 radical (unpaired) electrons. The fraction of sp³-hybridized carbons (Fsp3) is 0.611. The number of rotatable bonds is 2. The molecule has 0 aliphatic carbocycles. The van der Waals surface area contributed by atoms with Gasteiger partial charge in [-0.1, -0.05) is 18.2 Å². The molecule has 1 fully saturated rings. The van der Waals surface area contributed by atoms with Crippen LogP contribution < -0.4 is 15.4 Å². The van der Waals surface area contributed by atoms with Gasteiger partial charge in [0.25, 0.3) is 0 Å². The van der Waals surface area contributed by atoms with E-state index < -0.39 is 0 Å². The largest absolute Gasteiger partial charge is 0.487 e. The number of carbonyl (C=O) groups is 1. The maximum absolute atomic E-state index is 12.7. The first-order chi connectivity index (χ1) is 10.4. The Labute approximate surface area is 132 Å². The predicted octanol–water partition coefficient (Wildman–Crippen LogP) is 2.79. The molecule has 0 spiro atoms. The van der Waals surface area contributed by atoms with Gasteiger partial charge in [-0.05, 0) is 46.2 Å². The van der Waals surface area contributed by atoms with Crippen LogP contribution in [0.2, 0.25) is 0 Å². The molecule has 3 rings (SSSR count). The molecule has 2 N–H and O–H groups in total. The third-order valence-electron chi connectivity index (χ3n) is 4.69. The van der Waals surface area contributed by atoms with Crippen molar-refractivity contribution in [2.75, 3.05) is 6.54 Å². The molecule has 2 aliphatic rings. The van der Waals surface area contributed by atoms with Gasteiger partial charge in [-0.2, -0.15) is 0 Å². The molecule has 0 aromatic heterocycles. The number of carbonyl (C=O) groups excluding carboxylic acids is 1. The molecule has 0 saturated carbocycles. The van der Waals surface area contributed by atoms with Crippen LogP contribution in [0.3, 0.4) is 0 Å². The van der Waals surface area contributed by atoms with Crippen LogP contribution in [-0.2, 0) is 4.79 Å². The first-order valence-electron chi connectivity index (χ1n) is 8.26. The van der Waals surface area contributed by atoms with Crippen molar-refractivity contribution in [3.8, 4) is 5.75 Å². The predicted molar refractivity (Wildman–Crippen MR) is 86.8 cm³/mol. The topological polar surface area (TPSA) is 50.4 Å². The number of ether oxygens (including phenoxy) is 1. The van der Waals surface area contributed by atoms with E-state index in [9.17, 15) is 4.79 Å². The zero-order valence-electron chi connectivity index (χ0n) is 13.7. The fourth-order valence-electron chi connectivity index (χ4n) is 3.59. The van der Waals surface area contributed by atoms with Crippen LogP contribution in [0.4, 0.5) is 0 Å². The Bertz CT molecular complexity index is 556. The molecule has 2 heterocycles. The average molecular weight is 302 g/mol. The lowest BCUT2D eigenvalue weighted by Gasteiger charge is -2.38. The highest BCUT2D eigenvalue weighted by molar-refractivity contribution is 5.79. The maximum atomic E-state index is 12.7. The summed E-state index contributed by atoms with van der Waals surface area (Å²) in [5.74, 6) is 1.20. The Morgan fingerprint density at radius 2 is 2.14 bits per heavy atom. The van der Waals surface area contributed by atoms with Crippen molar-refractivity contribution in [2.24, 2.45) is 5.92 Å². The monoisotopic (exact) mass is 302 g/mol. The molecule has 1 saturated heterocycles. The van der Waals surface area contributed by atoms with Crippen molar-refractivity contribution in [3.05, 3.63) is 29.8 Å². The fourth-order valence-corrected chi connectivity index (χ4v) is 3.59. The molecule has 1 amide bonds. The van der Waals surface area contributed by atoms with Crippen LogP contribution in [0.15, 0.2) is 24.3 Å². The lowest BCUT2D eigenvalue weighted by Crippen LogP contribution is -2.46. The third-order valence-corrected chi connectivity index (χ3v) is 4.69. The second-order valence-corrected chi connectivity index (χ2v) is 7.24. The Kier molecular flexibility index (Phi) is 4.13. The minimum atomic E-state index is -0.256. The highest BCUT2D eigenvalue weighted by Crippen LogP contribution is 2.39. The Balaban J connectivity index is 1.75. The number of amides is 1. The second-order valence-electron chi connectivity index (χ2n) is 7.24. The van der Waals surface area contributed by atoms with E-state index >= 15 is 0 Å². The number of piperidine rings is 1. The van der Waals surface area contributed by atoms with Gasteiger partial charge in [-0.15, -0.1) is 0 Å². The number of para-hydroxylation sites is 1. The smallest absolute Gasteiger partial charge is 0.223 e.